The molecule has 0 aliphatic carbocycles. The van der Waals surface area contributed by atoms with Gasteiger partial charge in [-0.25, -0.2) is 0 Å². The van der Waals surface area contributed by atoms with Gasteiger partial charge >= 0.3 is 0 Å². The van der Waals surface area contributed by atoms with Crippen molar-refractivity contribution in [3.05, 3.63) is 11.9 Å². The molecule has 0 atom stereocenters. The van der Waals surface area contributed by atoms with Crippen LogP contribution in [0.4, 0.5) is 0 Å². The normalized spacial score (nSPS) is 10.2. The molecule has 0 amide bonds. The van der Waals surface area contributed by atoms with Crippen molar-refractivity contribution in [3.63, 3.8) is 0 Å². The minimum Gasteiger partial charge on any atom is -0.493 e. The van der Waals surface area contributed by atoms with Gasteiger partial charge in [0.05, 0.1) is 19.0 Å². The Morgan fingerprint density at radius 2 is 2.36 bits per heavy atom. The summed E-state index contributed by atoms with van der Waals surface area (Å²) in [5.41, 5.74) is 0.981. The first-order valence-corrected chi connectivity index (χ1v) is 4.75. The molecule has 0 fully saturated rings. The largest absolute Gasteiger partial charge is 0.493 e. The average Bonchev–Trinajstić information content (AvgIpc) is 2.55. The molecule has 0 aliphatic heterocycles. The molecule has 0 spiro atoms. The molecule has 0 radical (unpaired) electrons. The van der Waals surface area contributed by atoms with Crippen LogP contribution < -0.4 is 4.74 Å². The zero-order valence-corrected chi connectivity index (χ0v) is 8.91. The maximum absolute atomic E-state index is 11.1. The van der Waals surface area contributed by atoms with Crippen LogP contribution in [0.5, 0.6) is 5.75 Å². The third-order valence-electron chi connectivity index (χ3n) is 2.28. The van der Waals surface area contributed by atoms with Crippen LogP contribution in [0.25, 0.3) is 0 Å². The summed E-state index contributed by atoms with van der Waals surface area (Å²) in [6.45, 7) is 1.88. The molecule has 0 bridgehead atoms. The average molecular weight is 196 g/mol. The Morgan fingerprint density at radius 3 is 2.93 bits per heavy atom. The van der Waals surface area contributed by atoms with Gasteiger partial charge in [0.2, 0.25) is 0 Å². The monoisotopic (exact) mass is 196 g/mol. The quantitative estimate of drug-likeness (QED) is 0.713. The van der Waals surface area contributed by atoms with Crippen LogP contribution in [-0.4, -0.2) is 22.7 Å². The lowest BCUT2D eigenvalue weighted by Crippen LogP contribution is -2.04. The summed E-state index contributed by atoms with van der Waals surface area (Å²) in [5, 5.41) is 4.07. The molecule has 0 unspecified atom stereocenters. The number of aryl methyl sites for hydroxylation is 1. The molecule has 1 rings (SSSR count). The Bertz CT molecular complexity index is 318. The Balaban J connectivity index is 2.65. The highest BCUT2D eigenvalue weighted by molar-refractivity contribution is 5.78. The van der Waals surface area contributed by atoms with E-state index in [-0.39, 0.29) is 5.78 Å². The molecular weight excluding hydrogens is 180 g/mol. The van der Waals surface area contributed by atoms with Crippen molar-refractivity contribution in [2.75, 3.05) is 7.11 Å². The van der Waals surface area contributed by atoms with Gasteiger partial charge in [-0.15, -0.1) is 0 Å². The molecular formula is C10H16N2O2. The second kappa shape index (κ2) is 4.79. The van der Waals surface area contributed by atoms with Crippen molar-refractivity contribution in [3.8, 4) is 5.75 Å². The van der Waals surface area contributed by atoms with E-state index in [1.807, 2.05) is 14.0 Å². The molecule has 1 heterocycles. The second-order valence-electron chi connectivity index (χ2n) is 3.18. The summed E-state index contributed by atoms with van der Waals surface area (Å²) in [6, 6.07) is 0. The van der Waals surface area contributed by atoms with Crippen molar-refractivity contribution < 1.29 is 9.53 Å². The maximum Gasteiger partial charge on any atom is 0.159 e. The predicted octanol–water partition coefficient (Wildman–Crippen LogP) is 1.34. The van der Waals surface area contributed by atoms with Crippen molar-refractivity contribution >= 4 is 5.78 Å². The van der Waals surface area contributed by atoms with Gasteiger partial charge in [0.15, 0.2) is 5.75 Å². The van der Waals surface area contributed by atoms with Gasteiger partial charge in [-0.3, -0.25) is 9.48 Å². The molecule has 1 aromatic rings. The zero-order valence-electron chi connectivity index (χ0n) is 8.91. The Hall–Kier alpha value is -1.32. The van der Waals surface area contributed by atoms with Crippen LogP contribution in [0.3, 0.4) is 0 Å². The fourth-order valence-electron chi connectivity index (χ4n) is 1.33. The van der Waals surface area contributed by atoms with E-state index in [9.17, 15) is 4.79 Å². The van der Waals surface area contributed by atoms with E-state index in [0.29, 0.717) is 19.3 Å². The first kappa shape index (κ1) is 10.8. The van der Waals surface area contributed by atoms with Crippen molar-refractivity contribution in [2.45, 2.75) is 26.2 Å². The number of methoxy groups -OCH3 is 1. The summed E-state index contributed by atoms with van der Waals surface area (Å²) in [6.07, 6.45) is 3.53. The van der Waals surface area contributed by atoms with Crippen LogP contribution in [-0.2, 0) is 18.3 Å². The highest BCUT2D eigenvalue weighted by Gasteiger charge is 2.09. The van der Waals surface area contributed by atoms with Gasteiger partial charge in [0.25, 0.3) is 0 Å². The third-order valence-corrected chi connectivity index (χ3v) is 2.28. The first-order valence-electron chi connectivity index (χ1n) is 4.75. The highest BCUT2D eigenvalue weighted by atomic mass is 16.5. The number of ether oxygens (including phenoxy) is 1. The lowest BCUT2D eigenvalue weighted by Gasteiger charge is -2.03. The van der Waals surface area contributed by atoms with E-state index in [1.165, 1.54) is 0 Å². The van der Waals surface area contributed by atoms with E-state index >= 15 is 0 Å². The van der Waals surface area contributed by atoms with E-state index in [2.05, 4.69) is 5.10 Å². The highest BCUT2D eigenvalue weighted by Crippen LogP contribution is 2.18. The molecule has 0 aliphatic rings. The molecule has 4 heteroatoms. The molecule has 1 aromatic heterocycles. The topological polar surface area (TPSA) is 44.1 Å². The van der Waals surface area contributed by atoms with E-state index in [0.717, 1.165) is 11.4 Å². The standard InChI is InChI=1S/C10H16N2O2/c1-4-8(13)5-6-9-10(14-3)7-11-12(9)2/h7H,4-6H2,1-3H3. The number of hydrogen-bond acceptors (Lipinski definition) is 3. The summed E-state index contributed by atoms with van der Waals surface area (Å²) in [4.78, 5) is 11.1. The molecule has 0 saturated carbocycles. The van der Waals surface area contributed by atoms with Crippen molar-refractivity contribution in [2.24, 2.45) is 7.05 Å². The first-order chi connectivity index (χ1) is 6.69. The smallest absolute Gasteiger partial charge is 0.159 e. The number of rotatable bonds is 5. The summed E-state index contributed by atoms with van der Waals surface area (Å²) in [5.74, 6) is 1.03. The maximum atomic E-state index is 11.1. The number of aromatic nitrogens is 2. The van der Waals surface area contributed by atoms with Gasteiger partial charge < -0.3 is 4.74 Å². The second-order valence-corrected chi connectivity index (χ2v) is 3.18. The number of ketones is 1. The fourth-order valence-corrected chi connectivity index (χ4v) is 1.33. The third kappa shape index (κ3) is 2.34. The molecule has 0 N–H and O–H groups in total. The van der Waals surface area contributed by atoms with E-state index in [1.54, 1.807) is 18.0 Å². The number of hydrogen-bond donors (Lipinski definition) is 0. The lowest BCUT2D eigenvalue weighted by atomic mass is 10.1. The van der Waals surface area contributed by atoms with Crippen LogP contribution >= 0.6 is 0 Å². The van der Waals surface area contributed by atoms with E-state index in [4.69, 9.17) is 4.74 Å². The number of carbonyl (C=O) groups is 1. The van der Waals surface area contributed by atoms with Gasteiger partial charge in [-0.1, -0.05) is 6.92 Å². The lowest BCUT2D eigenvalue weighted by molar-refractivity contribution is -0.118. The summed E-state index contributed by atoms with van der Waals surface area (Å²) >= 11 is 0. The van der Waals surface area contributed by atoms with Crippen LogP contribution in [0.15, 0.2) is 6.20 Å². The van der Waals surface area contributed by atoms with Crippen molar-refractivity contribution in [1.82, 2.24) is 9.78 Å². The van der Waals surface area contributed by atoms with Gasteiger partial charge in [0.1, 0.15) is 5.78 Å². The SMILES string of the molecule is CCC(=O)CCc1c(OC)cnn1C. The molecule has 0 aromatic carbocycles. The Kier molecular flexibility index (Phi) is 3.68. The number of Topliss-reactive ketones (excluding diaryl/α,β-unsaturated/α-hetero) is 1. The van der Waals surface area contributed by atoms with Crippen molar-refractivity contribution in [1.29, 1.82) is 0 Å². The fraction of sp³-hybridized carbons (Fsp3) is 0.600. The Labute approximate surface area is 83.9 Å². The van der Waals surface area contributed by atoms with Crippen LogP contribution in [0, 0.1) is 0 Å². The summed E-state index contributed by atoms with van der Waals surface area (Å²) in [7, 11) is 3.47. The van der Waals surface area contributed by atoms with Crippen LogP contribution in [0.1, 0.15) is 25.5 Å². The summed E-state index contributed by atoms with van der Waals surface area (Å²) < 4.78 is 6.89. The number of nitrogens with zero attached hydrogens (tertiary/aromatic N) is 2. The van der Waals surface area contributed by atoms with Crippen LogP contribution in [0.2, 0.25) is 0 Å². The molecule has 4 nitrogen and oxygen atoms in total. The Morgan fingerprint density at radius 1 is 1.64 bits per heavy atom. The predicted molar refractivity (Wildman–Crippen MR) is 53.4 cm³/mol. The minimum absolute atomic E-state index is 0.272. The minimum atomic E-state index is 0.272. The molecule has 0 saturated heterocycles. The van der Waals surface area contributed by atoms with E-state index < -0.39 is 0 Å². The van der Waals surface area contributed by atoms with Gasteiger partial charge in [0, 0.05) is 19.9 Å². The van der Waals surface area contributed by atoms with Gasteiger partial charge in [-0.05, 0) is 6.42 Å². The number of carbonyl (C=O) groups excluding carboxylic acids is 1. The zero-order chi connectivity index (χ0) is 10.6. The molecule has 14 heavy (non-hydrogen) atoms. The van der Waals surface area contributed by atoms with Gasteiger partial charge in [-0.2, -0.15) is 5.10 Å². The molecule has 78 valence electrons.